The highest BCUT2D eigenvalue weighted by molar-refractivity contribution is 7.99. The Balaban J connectivity index is 1.70. The third-order valence-electron chi connectivity index (χ3n) is 3.35. The van der Waals surface area contributed by atoms with Crippen molar-refractivity contribution in [2.24, 2.45) is 5.73 Å². The highest BCUT2D eigenvalue weighted by Gasteiger charge is 2.14. The van der Waals surface area contributed by atoms with E-state index in [2.05, 4.69) is 24.3 Å². The Bertz CT molecular complexity index is 361. The minimum atomic E-state index is 0.123. The summed E-state index contributed by atoms with van der Waals surface area (Å²) >= 11 is 1.92. The summed E-state index contributed by atoms with van der Waals surface area (Å²) in [5.74, 6) is 1.17. The average molecular weight is 265 g/mol. The van der Waals surface area contributed by atoms with Crippen LogP contribution in [0.25, 0.3) is 0 Å². The van der Waals surface area contributed by atoms with Gasteiger partial charge in [-0.25, -0.2) is 0 Å². The number of hydrogen-bond donors (Lipinski definition) is 1. The third kappa shape index (κ3) is 4.30. The molecule has 2 nitrogen and oxygen atoms in total. The quantitative estimate of drug-likeness (QED) is 0.628. The summed E-state index contributed by atoms with van der Waals surface area (Å²) in [6.07, 6.45) is 5.47. The van der Waals surface area contributed by atoms with Crippen LogP contribution in [-0.4, -0.2) is 18.5 Å². The molecule has 0 radical (unpaired) electrons. The molecule has 1 heterocycles. The fourth-order valence-corrected chi connectivity index (χ4v) is 3.20. The van der Waals surface area contributed by atoms with Crippen molar-refractivity contribution >= 4 is 11.8 Å². The van der Waals surface area contributed by atoms with Crippen molar-refractivity contribution in [2.45, 2.75) is 49.6 Å². The fourth-order valence-electron chi connectivity index (χ4n) is 2.26. The van der Waals surface area contributed by atoms with Crippen molar-refractivity contribution in [2.75, 3.05) is 12.4 Å². The van der Waals surface area contributed by atoms with Gasteiger partial charge in [0.25, 0.3) is 0 Å². The van der Waals surface area contributed by atoms with Gasteiger partial charge in [-0.1, -0.05) is 12.1 Å². The molecule has 100 valence electrons. The van der Waals surface area contributed by atoms with Gasteiger partial charge < -0.3 is 10.5 Å². The SMILES string of the molecule is CC(N)c1cccc(SCCCC2CCCO2)c1. The van der Waals surface area contributed by atoms with Gasteiger partial charge in [-0.2, -0.15) is 0 Å². The minimum absolute atomic E-state index is 0.123. The molecule has 1 aliphatic heterocycles. The molecule has 3 heteroatoms. The summed E-state index contributed by atoms with van der Waals surface area (Å²) in [4.78, 5) is 1.33. The van der Waals surface area contributed by atoms with Gasteiger partial charge in [-0.05, 0) is 56.1 Å². The van der Waals surface area contributed by atoms with Crippen LogP contribution in [0.4, 0.5) is 0 Å². The summed E-state index contributed by atoms with van der Waals surface area (Å²) < 4.78 is 5.63. The van der Waals surface area contributed by atoms with Crippen LogP contribution in [0.15, 0.2) is 29.2 Å². The van der Waals surface area contributed by atoms with Crippen molar-refractivity contribution in [1.82, 2.24) is 0 Å². The number of thioether (sulfide) groups is 1. The number of hydrogen-bond acceptors (Lipinski definition) is 3. The molecule has 2 unspecified atom stereocenters. The molecule has 2 N–H and O–H groups in total. The van der Waals surface area contributed by atoms with Crippen molar-refractivity contribution in [3.8, 4) is 0 Å². The Labute approximate surface area is 114 Å². The fraction of sp³-hybridized carbons (Fsp3) is 0.600. The van der Waals surface area contributed by atoms with E-state index in [9.17, 15) is 0 Å². The second kappa shape index (κ2) is 7.17. The summed E-state index contributed by atoms with van der Waals surface area (Å²) in [7, 11) is 0. The molecule has 2 atom stereocenters. The Morgan fingerprint density at radius 3 is 3.11 bits per heavy atom. The second-order valence-corrected chi connectivity index (χ2v) is 6.16. The van der Waals surface area contributed by atoms with Crippen molar-refractivity contribution in [1.29, 1.82) is 0 Å². The molecule has 18 heavy (non-hydrogen) atoms. The minimum Gasteiger partial charge on any atom is -0.378 e. The Morgan fingerprint density at radius 1 is 1.50 bits per heavy atom. The Kier molecular flexibility index (Phi) is 5.54. The van der Waals surface area contributed by atoms with Crippen LogP contribution in [0, 0.1) is 0 Å². The van der Waals surface area contributed by atoms with E-state index in [1.54, 1.807) is 0 Å². The van der Waals surface area contributed by atoms with E-state index in [4.69, 9.17) is 10.5 Å². The third-order valence-corrected chi connectivity index (χ3v) is 4.43. The summed E-state index contributed by atoms with van der Waals surface area (Å²) in [6, 6.07) is 8.70. The predicted octanol–water partition coefficient (Wildman–Crippen LogP) is 3.76. The van der Waals surface area contributed by atoms with E-state index in [0.29, 0.717) is 6.10 Å². The van der Waals surface area contributed by atoms with E-state index in [1.807, 2.05) is 18.7 Å². The average Bonchev–Trinajstić information content (AvgIpc) is 2.88. The molecule has 0 spiro atoms. The van der Waals surface area contributed by atoms with E-state index >= 15 is 0 Å². The highest BCUT2D eigenvalue weighted by atomic mass is 32.2. The zero-order valence-electron chi connectivity index (χ0n) is 11.1. The first kappa shape index (κ1) is 13.9. The largest absolute Gasteiger partial charge is 0.378 e. The molecule has 1 aliphatic rings. The first-order valence-electron chi connectivity index (χ1n) is 6.85. The normalized spacial score (nSPS) is 21.1. The molecule has 2 rings (SSSR count). The van der Waals surface area contributed by atoms with Crippen LogP contribution in [0.2, 0.25) is 0 Å². The van der Waals surface area contributed by atoms with E-state index in [-0.39, 0.29) is 6.04 Å². The van der Waals surface area contributed by atoms with Crippen LogP contribution in [0.5, 0.6) is 0 Å². The Morgan fingerprint density at radius 2 is 2.39 bits per heavy atom. The number of ether oxygens (including phenoxy) is 1. The number of nitrogens with two attached hydrogens (primary N) is 1. The number of rotatable bonds is 6. The van der Waals surface area contributed by atoms with Gasteiger partial charge in [0.2, 0.25) is 0 Å². The standard InChI is InChI=1S/C15H23NOS/c1-12(16)13-5-2-8-15(11-13)18-10-4-7-14-6-3-9-17-14/h2,5,8,11-12,14H,3-4,6-7,9-10,16H2,1H3. The van der Waals surface area contributed by atoms with Gasteiger partial charge in [-0.15, -0.1) is 11.8 Å². The molecule has 0 bridgehead atoms. The predicted molar refractivity (Wildman–Crippen MR) is 78.0 cm³/mol. The molecule has 1 saturated heterocycles. The van der Waals surface area contributed by atoms with Crippen molar-refractivity contribution in [3.63, 3.8) is 0 Å². The van der Waals surface area contributed by atoms with Crippen LogP contribution in [0.3, 0.4) is 0 Å². The van der Waals surface area contributed by atoms with Gasteiger partial charge in [-0.3, -0.25) is 0 Å². The lowest BCUT2D eigenvalue weighted by molar-refractivity contribution is 0.104. The summed E-state index contributed by atoms with van der Waals surface area (Å²) in [5, 5.41) is 0. The van der Waals surface area contributed by atoms with Crippen molar-refractivity contribution in [3.05, 3.63) is 29.8 Å². The first-order chi connectivity index (χ1) is 8.75. The van der Waals surface area contributed by atoms with E-state index in [0.717, 1.165) is 6.61 Å². The van der Waals surface area contributed by atoms with Gasteiger partial charge in [0.05, 0.1) is 6.10 Å². The molecular weight excluding hydrogens is 242 g/mol. The van der Waals surface area contributed by atoms with E-state index < -0.39 is 0 Å². The summed E-state index contributed by atoms with van der Waals surface area (Å²) in [5.41, 5.74) is 7.12. The molecule has 0 amide bonds. The van der Waals surface area contributed by atoms with Crippen LogP contribution in [-0.2, 0) is 4.74 Å². The molecule has 0 aromatic heterocycles. The zero-order chi connectivity index (χ0) is 12.8. The van der Waals surface area contributed by atoms with Gasteiger partial charge >= 0.3 is 0 Å². The second-order valence-electron chi connectivity index (χ2n) is 4.99. The highest BCUT2D eigenvalue weighted by Crippen LogP contribution is 2.24. The molecule has 1 aromatic rings. The van der Waals surface area contributed by atoms with Crippen LogP contribution in [0.1, 0.15) is 44.2 Å². The Hall–Kier alpha value is -0.510. The van der Waals surface area contributed by atoms with Gasteiger partial charge in [0.15, 0.2) is 0 Å². The lowest BCUT2D eigenvalue weighted by Gasteiger charge is -2.10. The maximum absolute atomic E-state index is 5.89. The maximum atomic E-state index is 5.89. The molecule has 1 aromatic carbocycles. The monoisotopic (exact) mass is 265 g/mol. The first-order valence-corrected chi connectivity index (χ1v) is 7.84. The van der Waals surface area contributed by atoms with Gasteiger partial charge in [0, 0.05) is 17.5 Å². The molecule has 0 aliphatic carbocycles. The van der Waals surface area contributed by atoms with Crippen molar-refractivity contribution < 1.29 is 4.74 Å². The molecule has 0 saturated carbocycles. The zero-order valence-corrected chi connectivity index (χ0v) is 11.9. The molecule has 1 fully saturated rings. The lowest BCUT2D eigenvalue weighted by atomic mass is 10.1. The van der Waals surface area contributed by atoms with Crippen LogP contribution >= 0.6 is 11.8 Å². The molecular formula is C15H23NOS. The van der Waals surface area contributed by atoms with Gasteiger partial charge in [0.1, 0.15) is 0 Å². The topological polar surface area (TPSA) is 35.2 Å². The lowest BCUT2D eigenvalue weighted by Crippen LogP contribution is -2.05. The van der Waals surface area contributed by atoms with Crippen LogP contribution < -0.4 is 5.73 Å². The summed E-state index contributed by atoms with van der Waals surface area (Å²) in [6.45, 7) is 3.00. The smallest absolute Gasteiger partial charge is 0.0576 e. The van der Waals surface area contributed by atoms with E-state index in [1.165, 1.54) is 41.9 Å². The maximum Gasteiger partial charge on any atom is 0.0576 e. The number of benzene rings is 1.